The average Bonchev–Trinajstić information content (AvgIpc) is 3.04. The van der Waals surface area contributed by atoms with Crippen molar-refractivity contribution in [1.29, 1.82) is 0 Å². The zero-order chi connectivity index (χ0) is 17.3. The molecule has 0 spiro atoms. The molecule has 1 aromatic heterocycles. The third-order valence-electron chi connectivity index (χ3n) is 4.69. The van der Waals surface area contributed by atoms with Gasteiger partial charge in [0.2, 0.25) is 0 Å². The fourth-order valence-electron chi connectivity index (χ4n) is 3.55. The van der Waals surface area contributed by atoms with Crippen molar-refractivity contribution in [2.45, 2.75) is 39.8 Å². The molecule has 0 saturated carbocycles. The molecule has 1 aliphatic heterocycles. The van der Waals surface area contributed by atoms with Gasteiger partial charge in [0.05, 0.1) is 24.0 Å². The fraction of sp³-hybridized carbons (Fsp3) is 0.474. The molecule has 128 valence electrons. The number of rotatable bonds is 3. The van der Waals surface area contributed by atoms with Crippen molar-refractivity contribution >= 4 is 6.03 Å². The number of hydrogen-bond donors (Lipinski definition) is 1. The molecular formula is C19H26N4O. The topological polar surface area (TPSA) is 50.2 Å². The second-order valence-electron chi connectivity index (χ2n) is 7.48. The van der Waals surface area contributed by atoms with E-state index in [1.165, 1.54) is 5.56 Å². The highest BCUT2D eigenvalue weighted by atomic mass is 16.2. The van der Waals surface area contributed by atoms with Crippen molar-refractivity contribution in [2.75, 3.05) is 6.54 Å². The molecule has 2 heterocycles. The molecule has 5 heteroatoms. The first-order valence-electron chi connectivity index (χ1n) is 8.45. The van der Waals surface area contributed by atoms with Crippen molar-refractivity contribution in [1.82, 2.24) is 20.0 Å². The highest BCUT2D eigenvalue weighted by molar-refractivity contribution is 5.75. The molecule has 0 aliphatic carbocycles. The summed E-state index contributed by atoms with van der Waals surface area (Å²) >= 11 is 0. The second kappa shape index (κ2) is 6.30. The molecule has 0 radical (unpaired) electrons. The van der Waals surface area contributed by atoms with Crippen molar-refractivity contribution in [3.63, 3.8) is 0 Å². The molecule has 0 bridgehead atoms. The van der Waals surface area contributed by atoms with Crippen LogP contribution in [0.4, 0.5) is 4.79 Å². The molecule has 1 fully saturated rings. The van der Waals surface area contributed by atoms with Crippen molar-refractivity contribution in [2.24, 2.45) is 12.5 Å². The van der Waals surface area contributed by atoms with E-state index < -0.39 is 0 Å². The Morgan fingerprint density at radius 3 is 2.67 bits per heavy atom. The molecule has 5 nitrogen and oxygen atoms in total. The first kappa shape index (κ1) is 16.6. The molecule has 2 aromatic rings. The summed E-state index contributed by atoms with van der Waals surface area (Å²) in [4.78, 5) is 14.8. The number of amides is 2. The van der Waals surface area contributed by atoms with Gasteiger partial charge in [0.1, 0.15) is 0 Å². The van der Waals surface area contributed by atoms with Crippen LogP contribution in [0.15, 0.2) is 36.4 Å². The molecule has 1 N–H and O–H groups in total. The van der Waals surface area contributed by atoms with Crippen LogP contribution in [-0.4, -0.2) is 27.3 Å². The van der Waals surface area contributed by atoms with Gasteiger partial charge in [-0.1, -0.05) is 44.2 Å². The van der Waals surface area contributed by atoms with Gasteiger partial charge < -0.3 is 10.2 Å². The number of aromatic nitrogens is 2. The van der Waals surface area contributed by atoms with Crippen LogP contribution in [0.25, 0.3) is 0 Å². The number of urea groups is 1. The lowest BCUT2D eigenvalue weighted by Gasteiger charge is -2.25. The summed E-state index contributed by atoms with van der Waals surface area (Å²) in [5.41, 5.74) is 3.30. The number of hydrogen-bond acceptors (Lipinski definition) is 2. The first-order chi connectivity index (χ1) is 11.4. The summed E-state index contributed by atoms with van der Waals surface area (Å²) in [5, 5.41) is 7.38. The van der Waals surface area contributed by atoms with Crippen LogP contribution in [0.3, 0.4) is 0 Å². The number of nitrogens with one attached hydrogen (secondary N) is 1. The Hall–Kier alpha value is -2.30. The van der Waals surface area contributed by atoms with Gasteiger partial charge in [0, 0.05) is 13.6 Å². The lowest BCUT2D eigenvalue weighted by Crippen LogP contribution is -2.40. The van der Waals surface area contributed by atoms with Crippen molar-refractivity contribution in [3.8, 4) is 0 Å². The van der Waals surface area contributed by atoms with Gasteiger partial charge in [-0.2, -0.15) is 5.10 Å². The zero-order valence-electron chi connectivity index (χ0n) is 14.9. The second-order valence-corrected chi connectivity index (χ2v) is 7.48. The number of carbonyl (C=O) groups is 1. The van der Waals surface area contributed by atoms with Gasteiger partial charge in [-0.05, 0) is 30.4 Å². The minimum absolute atomic E-state index is 0.00622. The van der Waals surface area contributed by atoms with Crippen LogP contribution in [0.2, 0.25) is 0 Å². The summed E-state index contributed by atoms with van der Waals surface area (Å²) in [6, 6.07) is 12.4. The lowest BCUT2D eigenvalue weighted by molar-refractivity contribution is 0.189. The van der Waals surface area contributed by atoms with E-state index in [4.69, 9.17) is 0 Å². The highest BCUT2D eigenvalue weighted by Crippen LogP contribution is 2.42. The third-order valence-corrected chi connectivity index (χ3v) is 4.69. The molecule has 1 aliphatic rings. The molecule has 2 amide bonds. The first-order valence-corrected chi connectivity index (χ1v) is 8.45. The highest BCUT2D eigenvalue weighted by Gasteiger charge is 2.40. The number of carbonyl (C=O) groups excluding carboxylic acids is 1. The van der Waals surface area contributed by atoms with E-state index >= 15 is 0 Å². The third kappa shape index (κ3) is 3.45. The van der Waals surface area contributed by atoms with E-state index in [2.05, 4.69) is 36.4 Å². The van der Waals surface area contributed by atoms with E-state index in [0.717, 1.165) is 24.4 Å². The summed E-state index contributed by atoms with van der Waals surface area (Å²) < 4.78 is 1.82. The summed E-state index contributed by atoms with van der Waals surface area (Å²) in [6.07, 6.45) is 0.981. The van der Waals surface area contributed by atoms with Crippen molar-refractivity contribution in [3.05, 3.63) is 53.3 Å². The SMILES string of the molecule is Cc1cc(CNC(=O)N2CC(C)(C)CC2c2ccccc2)n(C)n1. The van der Waals surface area contributed by atoms with Gasteiger partial charge >= 0.3 is 6.03 Å². The van der Waals surface area contributed by atoms with Crippen LogP contribution < -0.4 is 5.32 Å². The quantitative estimate of drug-likeness (QED) is 0.939. The monoisotopic (exact) mass is 326 g/mol. The van der Waals surface area contributed by atoms with Crippen LogP contribution in [0, 0.1) is 12.3 Å². The molecule has 3 rings (SSSR count). The number of likely N-dealkylation sites (tertiary alicyclic amines) is 1. The normalized spacial score (nSPS) is 19.5. The Morgan fingerprint density at radius 1 is 1.33 bits per heavy atom. The number of aryl methyl sites for hydroxylation is 2. The smallest absolute Gasteiger partial charge is 0.318 e. The average molecular weight is 326 g/mol. The minimum atomic E-state index is -0.00622. The lowest BCUT2D eigenvalue weighted by atomic mass is 9.89. The van der Waals surface area contributed by atoms with Crippen LogP contribution in [0.5, 0.6) is 0 Å². The van der Waals surface area contributed by atoms with Gasteiger partial charge in [-0.15, -0.1) is 0 Å². The van der Waals surface area contributed by atoms with Gasteiger partial charge in [-0.3, -0.25) is 4.68 Å². The van der Waals surface area contributed by atoms with Crippen LogP contribution >= 0.6 is 0 Å². The number of benzene rings is 1. The molecular weight excluding hydrogens is 300 g/mol. The Bertz CT molecular complexity index is 720. The molecule has 1 saturated heterocycles. The van der Waals surface area contributed by atoms with E-state index in [9.17, 15) is 4.79 Å². The van der Waals surface area contributed by atoms with E-state index in [-0.39, 0.29) is 17.5 Å². The Balaban J connectivity index is 1.73. The van der Waals surface area contributed by atoms with Crippen molar-refractivity contribution < 1.29 is 4.79 Å². The molecule has 1 atom stereocenters. The maximum atomic E-state index is 12.8. The Morgan fingerprint density at radius 2 is 2.04 bits per heavy atom. The summed E-state index contributed by atoms with van der Waals surface area (Å²) in [6.45, 7) is 7.67. The van der Waals surface area contributed by atoms with E-state index in [1.807, 2.05) is 47.8 Å². The van der Waals surface area contributed by atoms with Gasteiger partial charge in [0.25, 0.3) is 0 Å². The van der Waals surface area contributed by atoms with Gasteiger partial charge in [-0.25, -0.2) is 4.79 Å². The van der Waals surface area contributed by atoms with E-state index in [0.29, 0.717) is 6.54 Å². The van der Waals surface area contributed by atoms with Crippen LogP contribution in [0.1, 0.15) is 43.3 Å². The molecule has 24 heavy (non-hydrogen) atoms. The minimum Gasteiger partial charge on any atom is -0.332 e. The molecule has 1 unspecified atom stereocenters. The standard InChI is InChI=1S/C19H26N4O/c1-14-10-16(22(4)21-14)12-20-18(24)23-13-19(2,3)11-17(23)15-8-6-5-7-9-15/h5-10,17H,11-13H2,1-4H3,(H,20,24). The fourth-order valence-corrected chi connectivity index (χ4v) is 3.55. The number of nitrogens with zero attached hydrogens (tertiary/aromatic N) is 3. The van der Waals surface area contributed by atoms with Gasteiger partial charge in [0.15, 0.2) is 0 Å². The maximum Gasteiger partial charge on any atom is 0.318 e. The largest absolute Gasteiger partial charge is 0.332 e. The Kier molecular flexibility index (Phi) is 4.35. The summed E-state index contributed by atoms with van der Waals surface area (Å²) in [5.74, 6) is 0. The van der Waals surface area contributed by atoms with E-state index in [1.54, 1.807) is 0 Å². The maximum absolute atomic E-state index is 12.8. The zero-order valence-corrected chi connectivity index (χ0v) is 14.9. The Labute approximate surface area is 143 Å². The predicted octanol–water partition coefficient (Wildman–Crippen LogP) is 3.41. The predicted molar refractivity (Wildman–Crippen MR) is 94.5 cm³/mol. The van der Waals surface area contributed by atoms with Crippen LogP contribution in [-0.2, 0) is 13.6 Å². The summed E-state index contributed by atoms with van der Waals surface area (Å²) in [7, 11) is 1.90. The molecule has 1 aromatic carbocycles.